The van der Waals surface area contributed by atoms with Crippen LogP contribution in [0.4, 0.5) is 4.79 Å². The molecule has 2 fully saturated rings. The average Bonchev–Trinajstić information content (AvgIpc) is 2.48. The van der Waals surface area contributed by atoms with Crippen LogP contribution in [0.3, 0.4) is 0 Å². The third-order valence-electron chi connectivity index (χ3n) is 4.92. The largest absolute Gasteiger partial charge is 0.481 e. The molecule has 0 aliphatic carbocycles. The van der Waals surface area contributed by atoms with Crippen molar-refractivity contribution in [3.05, 3.63) is 0 Å². The molecular formula is C15H27N3O3. The fourth-order valence-electron chi connectivity index (χ4n) is 3.10. The minimum Gasteiger partial charge on any atom is -0.481 e. The third kappa shape index (κ3) is 4.33. The van der Waals surface area contributed by atoms with Crippen molar-refractivity contribution in [1.29, 1.82) is 0 Å². The number of nitrogens with one attached hydrogen (secondary N) is 1. The van der Waals surface area contributed by atoms with Crippen LogP contribution in [-0.4, -0.2) is 66.7 Å². The van der Waals surface area contributed by atoms with Crippen LogP contribution in [0.5, 0.6) is 0 Å². The summed E-state index contributed by atoms with van der Waals surface area (Å²) < 4.78 is 0. The van der Waals surface area contributed by atoms with E-state index in [1.165, 1.54) is 0 Å². The zero-order chi connectivity index (χ0) is 15.5. The predicted molar refractivity (Wildman–Crippen MR) is 80.2 cm³/mol. The Morgan fingerprint density at radius 1 is 1.29 bits per heavy atom. The first-order chi connectivity index (χ1) is 9.89. The van der Waals surface area contributed by atoms with Crippen LogP contribution in [0.25, 0.3) is 0 Å². The first-order valence-electron chi connectivity index (χ1n) is 7.84. The first kappa shape index (κ1) is 16.1. The summed E-state index contributed by atoms with van der Waals surface area (Å²) in [4.78, 5) is 27.2. The normalized spacial score (nSPS) is 26.4. The molecule has 120 valence electrons. The number of amides is 2. The topological polar surface area (TPSA) is 72.9 Å². The Hall–Kier alpha value is -1.30. The number of hydrogen-bond donors (Lipinski definition) is 2. The van der Waals surface area contributed by atoms with Crippen molar-refractivity contribution in [3.8, 4) is 0 Å². The van der Waals surface area contributed by atoms with Gasteiger partial charge in [0.15, 0.2) is 0 Å². The number of likely N-dealkylation sites (tertiary alicyclic amines) is 2. The second kappa shape index (κ2) is 6.64. The Labute approximate surface area is 126 Å². The quantitative estimate of drug-likeness (QED) is 0.821. The van der Waals surface area contributed by atoms with Gasteiger partial charge in [0.2, 0.25) is 0 Å². The number of nitrogens with zero attached hydrogens (tertiary/aromatic N) is 2. The fraction of sp³-hybridized carbons (Fsp3) is 0.867. The molecular weight excluding hydrogens is 270 g/mol. The first-order valence-corrected chi connectivity index (χ1v) is 7.84. The Balaban J connectivity index is 1.80. The maximum Gasteiger partial charge on any atom is 0.317 e. The minimum atomic E-state index is -0.797. The van der Waals surface area contributed by atoms with Gasteiger partial charge in [-0.05, 0) is 51.2 Å². The van der Waals surface area contributed by atoms with Gasteiger partial charge in [-0.2, -0.15) is 0 Å². The average molecular weight is 297 g/mol. The molecule has 0 radical (unpaired) electrons. The molecule has 21 heavy (non-hydrogen) atoms. The van der Waals surface area contributed by atoms with E-state index in [0.29, 0.717) is 26.1 Å². The Kier molecular flexibility index (Phi) is 5.08. The van der Waals surface area contributed by atoms with Crippen LogP contribution in [0, 0.1) is 11.3 Å². The second-order valence-electron chi connectivity index (χ2n) is 6.90. The van der Waals surface area contributed by atoms with Crippen molar-refractivity contribution in [3.63, 3.8) is 0 Å². The molecule has 0 bridgehead atoms. The molecule has 2 amide bonds. The molecule has 2 saturated heterocycles. The van der Waals surface area contributed by atoms with E-state index in [2.05, 4.69) is 24.2 Å². The molecule has 0 aromatic heterocycles. The van der Waals surface area contributed by atoms with Crippen LogP contribution in [-0.2, 0) is 4.79 Å². The maximum atomic E-state index is 12.2. The predicted octanol–water partition coefficient (Wildman–Crippen LogP) is 1.22. The van der Waals surface area contributed by atoms with Gasteiger partial charge in [-0.25, -0.2) is 4.79 Å². The second-order valence-corrected chi connectivity index (χ2v) is 6.90. The van der Waals surface area contributed by atoms with Gasteiger partial charge in [-0.1, -0.05) is 6.92 Å². The summed E-state index contributed by atoms with van der Waals surface area (Å²) in [5, 5.41) is 12.1. The van der Waals surface area contributed by atoms with Crippen molar-refractivity contribution in [2.24, 2.45) is 11.3 Å². The number of hydrogen-bond acceptors (Lipinski definition) is 3. The van der Waals surface area contributed by atoms with E-state index in [-0.39, 0.29) is 11.4 Å². The van der Waals surface area contributed by atoms with Crippen molar-refractivity contribution >= 4 is 12.0 Å². The molecule has 2 heterocycles. The number of piperidine rings is 2. The van der Waals surface area contributed by atoms with Gasteiger partial charge in [-0.3, -0.25) is 4.79 Å². The van der Waals surface area contributed by atoms with Gasteiger partial charge >= 0.3 is 12.0 Å². The number of urea groups is 1. The molecule has 2 aliphatic heterocycles. The van der Waals surface area contributed by atoms with E-state index in [4.69, 9.17) is 5.11 Å². The van der Waals surface area contributed by atoms with E-state index in [1.807, 2.05) is 0 Å². The summed E-state index contributed by atoms with van der Waals surface area (Å²) >= 11 is 0. The number of carboxylic acid groups (broad SMARTS) is 1. The molecule has 0 saturated carbocycles. The summed E-state index contributed by atoms with van der Waals surface area (Å²) in [7, 11) is 2.12. The lowest BCUT2D eigenvalue weighted by Crippen LogP contribution is -2.50. The molecule has 2 rings (SSSR count). The van der Waals surface area contributed by atoms with Crippen LogP contribution in [0.2, 0.25) is 0 Å². The molecule has 2 aliphatic rings. The highest BCUT2D eigenvalue weighted by Gasteiger charge is 2.31. The van der Waals surface area contributed by atoms with Crippen molar-refractivity contribution in [1.82, 2.24) is 15.1 Å². The standard InChI is InChI=1S/C15H27N3O3/c1-15(5-8-17(2)9-6-15)11-16-14(21)18-7-3-4-12(10-18)13(19)20/h12H,3-11H2,1-2H3,(H,16,21)(H,19,20)/t12-/m1/s1. The molecule has 0 spiro atoms. The highest BCUT2D eigenvalue weighted by atomic mass is 16.4. The summed E-state index contributed by atoms with van der Waals surface area (Å²) in [6.45, 7) is 6.02. The lowest BCUT2D eigenvalue weighted by molar-refractivity contribution is -0.143. The molecule has 6 heteroatoms. The van der Waals surface area contributed by atoms with Gasteiger partial charge in [0, 0.05) is 19.6 Å². The molecule has 0 aromatic carbocycles. The van der Waals surface area contributed by atoms with Crippen LogP contribution < -0.4 is 5.32 Å². The number of carboxylic acids is 1. The molecule has 1 atom stereocenters. The minimum absolute atomic E-state index is 0.110. The summed E-state index contributed by atoms with van der Waals surface area (Å²) in [5.41, 5.74) is 0.157. The van der Waals surface area contributed by atoms with E-state index < -0.39 is 11.9 Å². The van der Waals surface area contributed by atoms with Crippen LogP contribution in [0.1, 0.15) is 32.6 Å². The van der Waals surface area contributed by atoms with E-state index >= 15 is 0 Å². The van der Waals surface area contributed by atoms with Crippen LogP contribution >= 0.6 is 0 Å². The third-order valence-corrected chi connectivity index (χ3v) is 4.92. The zero-order valence-electron chi connectivity index (χ0n) is 13.1. The lowest BCUT2D eigenvalue weighted by Gasteiger charge is -2.39. The van der Waals surface area contributed by atoms with Gasteiger partial charge < -0.3 is 20.2 Å². The lowest BCUT2D eigenvalue weighted by atomic mass is 9.80. The number of rotatable bonds is 3. The smallest absolute Gasteiger partial charge is 0.317 e. The van der Waals surface area contributed by atoms with Gasteiger partial charge in [0.1, 0.15) is 0 Å². The number of carbonyl (C=O) groups is 2. The highest BCUT2D eigenvalue weighted by molar-refractivity contribution is 5.76. The molecule has 6 nitrogen and oxygen atoms in total. The molecule has 2 N–H and O–H groups in total. The Bertz CT molecular complexity index is 392. The molecule has 0 aromatic rings. The Morgan fingerprint density at radius 2 is 1.95 bits per heavy atom. The van der Waals surface area contributed by atoms with Crippen molar-refractivity contribution < 1.29 is 14.7 Å². The van der Waals surface area contributed by atoms with E-state index in [9.17, 15) is 9.59 Å². The number of aliphatic carboxylic acids is 1. The SMILES string of the molecule is CN1CCC(C)(CNC(=O)N2CCC[C@@H](C(=O)O)C2)CC1. The molecule has 0 unspecified atom stereocenters. The maximum absolute atomic E-state index is 12.2. The number of carbonyl (C=O) groups excluding carboxylic acids is 1. The van der Waals surface area contributed by atoms with Crippen molar-refractivity contribution in [2.75, 3.05) is 39.8 Å². The zero-order valence-corrected chi connectivity index (χ0v) is 13.1. The van der Waals surface area contributed by atoms with Crippen LogP contribution in [0.15, 0.2) is 0 Å². The fourth-order valence-corrected chi connectivity index (χ4v) is 3.10. The monoisotopic (exact) mass is 297 g/mol. The summed E-state index contributed by atoms with van der Waals surface area (Å²) in [6.07, 6.45) is 3.61. The van der Waals surface area contributed by atoms with Gasteiger partial charge in [0.25, 0.3) is 0 Å². The van der Waals surface area contributed by atoms with Gasteiger partial charge in [0.05, 0.1) is 5.92 Å². The van der Waals surface area contributed by atoms with Gasteiger partial charge in [-0.15, -0.1) is 0 Å². The van der Waals surface area contributed by atoms with E-state index in [0.717, 1.165) is 32.4 Å². The Morgan fingerprint density at radius 3 is 2.57 bits per heavy atom. The summed E-state index contributed by atoms with van der Waals surface area (Å²) in [6, 6.07) is -0.110. The highest BCUT2D eigenvalue weighted by Crippen LogP contribution is 2.29. The van der Waals surface area contributed by atoms with Crippen molar-refractivity contribution in [2.45, 2.75) is 32.6 Å². The van der Waals surface area contributed by atoms with E-state index in [1.54, 1.807) is 4.90 Å². The summed E-state index contributed by atoms with van der Waals surface area (Å²) in [5.74, 6) is -1.21.